The Morgan fingerprint density at radius 3 is 2.50 bits per heavy atom. The van der Waals surface area contributed by atoms with Crippen LogP contribution in [0.3, 0.4) is 0 Å². The van der Waals surface area contributed by atoms with Crippen molar-refractivity contribution in [2.75, 3.05) is 14.2 Å². The predicted molar refractivity (Wildman–Crippen MR) is 93.6 cm³/mol. The molecule has 0 saturated heterocycles. The smallest absolute Gasteiger partial charge is 0.266 e. The summed E-state index contributed by atoms with van der Waals surface area (Å²) in [6, 6.07) is 11.1. The van der Waals surface area contributed by atoms with Crippen molar-refractivity contribution < 1.29 is 9.47 Å². The third-order valence-corrected chi connectivity index (χ3v) is 4.36. The van der Waals surface area contributed by atoms with Gasteiger partial charge in [-0.3, -0.25) is 4.79 Å². The number of aromatic nitrogens is 1. The summed E-state index contributed by atoms with van der Waals surface area (Å²) in [7, 11) is 3.12. The molecule has 3 aromatic rings. The molecule has 0 saturated carbocycles. The van der Waals surface area contributed by atoms with Gasteiger partial charge < -0.3 is 14.5 Å². The molecule has 6 heteroatoms. The van der Waals surface area contributed by atoms with E-state index >= 15 is 0 Å². The van der Waals surface area contributed by atoms with Crippen LogP contribution in [0.5, 0.6) is 11.5 Å². The van der Waals surface area contributed by atoms with Crippen molar-refractivity contribution in [1.29, 1.82) is 5.26 Å². The van der Waals surface area contributed by atoms with Gasteiger partial charge in [0.1, 0.15) is 11.6 Å². The van der Waals surface area contributed by atoms with E-state index in [4.69, 9.17) is 9.47 Å². The Labute approximate surface area is 142 Å². The zero-order valence-corrected chi connectivity index (χ0v) is 13.9. The average Bonchev–Trinajstić information content (AvgIpc) is 3.14. The molecule has 0 aliphatic carbocycles. The minimum Gasteiger partial charge on any atom is -0.493 e. The first-order chi connectivity index (χ1) is 11.7. The summed E-state index contributed by atoms with van der Waals surface area (Å²) in [5.41, 5.74) is 2.55. The van der Waals surface area contributed by atoms with Crippen LogP contribution in [0.25, 0.3) is 22.4 Å². The van der Waals surface area contributed by atoms with Crippen LogP contribution in [0.2, 0.25) is 0 Å². The van der Waals surface area contributed by atoms with E-state index in [1.807, 2.05) is 35.0 Å². The normalized spacial score (nSPS) is 10.2. The van der Waals surface area contributed by atoms with Crippen LogP contribution < -0.4 is 15.0 Å². The van der Waals surface area contributed by atoms with Gasteiger partial charge in [-0.25, -0.2) is 0 Å². The molecule has 1 N–H and O–H groups in total. The molecule has 2 heterocycles. The highest BCUT2D eigenvalue weighted by molar-refractivity contribution is 7.08. The number of H-pyrrole nitrogens is 1. The van der Waals surface area contributed by atoms with Crippen molar-refractivity contribution in [3.05, 3.63) is 57.0 Å². The maximum Gasteiger partial charge on any atom is 0.266 e. The van der Waals surface area contributed by atoms with Gasteiger partial charge >= 0.3 is 0 Å². The number of hydrogen-bond donors (Lipinski definition) is 1. The van der Waals surface area contributed by atoms with Crippen LogP contribution in [-0.2, 0) is 0 Å². The lowest BCUT2D eigenvalue weighted by Gasteiger charge is -2.11. The second kappa shape index (κ2) is 6.60. The Balaban J connectivity index is 2.20. The SMILES string of the molecule is COc1ccc(-c2cc(-c3ccsc3)c(C#N)c(=O)[nH]2)cc1OC. The van der Waals surface area contributed by atoms with Gasteiger partial charge in [0.25, 0.3) is 5.56 Å². The van der Waals surface area contributed by atoms with Crippen molar-refractivity contribution in [3.63, 3.8) is 0 Å². The van der Waals surface area contributed by atoms with Gasteiger partial charge in [0.05, 0.1) is 14.2 Å². The van der Waals surface area contributed by atoms with Gasteiger partial charge in [-0.2, -0.15) is 16.6 Å². The first-order valence-corrected chi connectivity index (χ1v) is 8.04. The molecule has 24 heavy (non-hydrogen) atoms. The van der Waals surface area contributed by atoms with Crippen molar-refractivity contribution >= 4 is 11.3 Å². The predicted octanol–water partition coefficient (Wildman–Crippen LogP) is 3.66. The van der Waals surface area contributed by atoms with Gasteiger partial charge in [-0.15, -0.1) is 0 Å². The summed E-state index contributed by atoms with van der Waals surface area (Å²) in [4.78, 5) is 15.1. The average molecular weight is 338 g/mol. The minimum absolute atomic E-state index is 0.109. The summed E-state index contributed by atoms with van der Waals surface area (Å²) in [5.74, 6) is 1.17. The van der Waals surface area contributed by atoms with Crippen LogP contribution in [0.15, 0.2) is 45.9 Å². The van der Waals surface area contributed by atoms with Gasteiger partial charge in [-0.1, -0.05) is 0 Å². The molecule has 0 fully saturated rings. The van der Waals surface area contributed by atoms with Crippen LogP contribution in [0, 0.1) is 11.3 Å². The van der Waals surface area contributed by atoms with Crippen molar-refractivity contribution in [2.45, 2.75) is 0 Å². The number of nitriles is 1. The van der Waals surface area contributed by atoms with Gasteiger partial charge in [-0.05, 0) is 46.7 Å². The Bertz CT molecular complexity index is 969. The van der Waals surface area contributed by atoms with E-state index in [9.17, 15) is 10.1 Å². The minimum atomic E-state index is -0.411. The number of methoxy groups -OCH3 is 2. The third-order valence-electron chi connectivity index (χ3n) is 3.67. The molecule has 3 rings (SSSR count). The monoisotopic (exact) mass is 338 g/mol. The lowest BCUT2D eigenvalue weighted by Crippen LogP contribution is -2.12. The summed E-state index contributed by atoms with van der Waals surface area (Å²) >= 11 is 1.51. The Hall–Kier alpha value is -3.04. The number of benzene rings is 1. The van der Waals surface area contributed by atoms with E-state index in [1.165, 1.54) is 11.3 Å². The van der Waals surface area contributed by atoms with E-state index in [2.05, 4.69) is 4.98 Å². The largest absolute Gasteiger partial charge is 0.493 e. The molecule has 0 amide bonds. The fraction of sp³-hybridized carbons (Fsp3) is 0.111. The third kappa shape index (κ3) is 2.77. The topological polar surface area (TPSA) is 75.1 Å². The quantitative estimate of drug-likeness (QED) is 0.788. The molecule has 0 aliphatic heterocycles. The molecule has 5 nitrogen and oxygen atoms in total. The molecule has 1 aromatic carbocycles. The lowest BCUT2D eigenvalue weighted by molar-refractivity contribution is 0.355. The second-order valence-corrected chi connectivity index (χ2v) is 5.77. The van der Waals surface area contributed by atoms with Gasteiger partial charge in [0, 0.05) is 16.8 Å². The number of rotatable bonds is 4. The van der Waals surface area contributed by atoms with E-state index in [-0.39, 0.29) is 5.56 Å². The Morgan fingerprint density at radius 2 is 1.88 bits per heavy atom. The molecule has 0 bridgehead atoms. The highest BCUT2D eigenvalue weighted by atomic mass is 32.1. The van der Waals surface area contributed by atoms with Crippen molar-refractivity contribution in [3.8, 4) is 40.0 Å². The molecule has 2 aromatic heterocycles. The molecule has 0 unspecified atom stereocenters. The number of nitrogens with one attached hydrogen (secondary N) is 1. The van der Waals surface area contributed by atoms with Crippen LogP contribution in [0.4, 0.5) is 0 Å². The van der Waals surface area contributed by atoms with E-state index in [0.29, 0.717) is 22.8 Å². The molecule has 0 spiro atoms. The maximum atomic E-state index is 12.3. The number of pyridine rings is 1. The van der Waals surface area contributed by atoms with Crippen LogP contribution in [0.1, 0.15) is 5.56 Å². The molecule has 120 valence electrons. The number of nitrogens with zero attached hydrogens (tertiary/aromatic N) is 1. The molecular weight excluding hydrogens is 324 g/mol. The van der Waals surface area contributed by atoms with E-state index in [1.54, 1.807) is 26.4 Å². The lowest BCUT2D eigenvalue weighted by atomic mass is 10.0. The van der Waals surface area contributed by atoms with Crippen LogP contribution in [-0.4, -0.2) is 19.2 Å². The van der Waals surface area contributed by atoms with Crippen molar-refractivity contribution in [2.24, 2.45) is 0 Å². The van der Waals surface area contributed by atoms with E-state index in [0.717, 1.165) is 11.1 Å². The van der Waals surface area contributed by atoms with E-state index < -0.39 is 5.56 Å². The first kappa shape index (κ1) is 15.8. The zero-order chi connectivity index (χ0) is 17.1. The zero-order valence-electron chi connectivity index (χ0n) is 13.1. The summed E-state index contributed by atoms with van der Waals surface area (Å²) in [5, 5.41) is 13.1. The fourth-order valence-electron chi connectivity index (χ4n) is 2.48. The molecule has 0 radical (unpaired) electrons. The maximum absolute atomic E-state index is 12.3. The second-order valence-electron chi connectivity index (χ2n) is 4.99. The summed E-state index contributed by atoms with van der Waals surface area (Å²) in [6.07, 6.45) is 0. The van der Waals surface area contributed by atoms with Gasteiger partial charge in [0.15, 0.2) is 11.5 Å². The first-order valence-electron chi connectivity index (χ1n) is 7.10. The molecule has 0 aliphatic rings. The summed E-state index contributed by atoms with van der Waals surface area (Å²) < 4.78 is 10.5. The van der Waals surface area contributed by atoms with Crippen LogP contribution >= 0.6 is 11.3 Å². The van der Waals surface area contributed by atoms with Crippen molar-refractivity contribution in [1.82, 2.24) is 4.98 Å². The highest BCUT2D eigenvalue weighted by Gasteiger charge is 2.14. The summed E-state index contributed by atoms with van der Waals surface area (Å²) in [6.45, 7) is 0. The standard InChI is InChI=1S/C18H14N2O3S/c1-22-16-4-3-11(7-17(16)23-2)15-8-13(12-5-6-24-10-12)14(9-19)18(21)20-15/h3-8,10H,1-2H3,(H,20,21). The fourth-order valence-corrected chi connectivity index (χ4v) is 3.13. The number of thiophene rings is 1. The number of aromatic amines is 1. The highest BCUT2D eigenvalue weighted by Crippen LogP contribution is 2.33. The Morgan fingerprint density at radius 1 is 1.08 bits per heavy atom. The number of ether oxygens (including phenoxy) is 2. The molecule has 0 atom stereocenters. The number of hydrogen-bond acceptors (Lipinski definition) is 5. The molecular formula is C18H14N2O3S. The Kier molecular flexibility index (Phi) is 4.36. The van der Waals surface area contributed by atoms with Gasteiger partial charge in [0.2, 0.25) is 0 Å².